The molecule has 0 aliphatic carbocycles. The maximum atomic E-state index is 12.0. The highest BCUT2D eigenvalue weighted by Gasteiger charge is 2.22. The molecule has 2 N–H and O–H groups in total. The number of anilines is 1. The van der Waals surface area contributed by atoms with Gasteiger partial charge >= 0.3 is 6.03 Å². The first kappa shape index (κ1) is 14.5. The predicted octanol–water partition coefficient (Wildman–Crippen LogP) is 1.55. The second-order valence-corrected chi connectivity index (χ2v) is 5.45. The third kappa shape index (κ3) is 3.24. The summed E-state index contributed by atoms with van der Waals surface area (Å²) >= 11 is 0. The molecular formula is C15H19N3O4. The van der Waals surface area contributed by atoms with E-state index in [9.17, 15) is 9.59 Å². The number of carbonyl (C=O) groups is 2. The minimum Gasteiger partial charge on any atom is -0.454 e. The van der Waals surface area contributed by atoms with E-state index in [1.165, 1.54) is 0 Å². The highest BCUT2D eigenvalue weighted by molar-refractivity contribution is 5.89. The summed E-state index contributed by atoms with van der Waals surface area (Å²) in [6, 6.07) is 5.11. The zero-order valence-corrected chi connectivity index (χ0v) is 12.4. The van der Waals surface area contributed by atoms with Crippen molar-refractivity contribution >= 4 is 17.6 Å². The van der Waals surface area contributed by atoms with Gasteiger partial charge in [-0.15, -0.1) is 0 Å². The number of urea groups is 1. The van der Waals surface area contributed by atoms with Crippen LogP contribution in [0.3, 0.4) is 0 Å². The van der Waals surface area contributed by atoms with Gasteiger partial charge in [-0.1, -0.05) is 0 Å². The second-order valence-electron chi connectivity index (χ2n) is 5.45. The summed E-state index contributed by atoms with van der Waals surface area (Å²) in [6.45, 7) is 3.15. The number of amides is 3. The van der Waals surface area contributed by atoms with Crippen LogP contribution in [0.5, 0.6) is 11.5 Å². The molecule has 0 bridgehead atoms. The Bertz CT molecular complexity index is 582. The van der Waals surface area contributed by atoms with Crippen molar-refractivity contribution in [2.24, 2.45) is 0 Å². The Morgan fingerprint density at radius 2 is 1.91 bits per heavy atom. The van der Waals surface area contributed by atoms with E-state index < -0.39 is 0 Å². The summed E-state index contributed by atoms with van der Waals surface area (Å²) in [4.78, 5) is 25.1. The van der Waals surface area contributed by atoms with Gasteiger partial charge in [0, 0.05) is 37.8 Å². The van der Waals surface area contributed by atoms with Crippen molar-refractivity contribution in [3.8, 4) is 11.5 Å². The van der Waals surface area contributed by atoms with Crippen molar-refractivity contribution < 1.29 is 19.1 Å². The van der Waals surface area contributed by atoms with Gasteiger partial charge in [-0.05, 0) is 25.0 Å². The molecule has 0 unspecified atom stereocenters. The van der Waals surface area contributed by atoms with Crippen LogP contribution in [-0.4, -0.2) is 42.8 Å². The van der Waals surface area contributed by atoms with Crippen molar-refractivity contribution in [2.45, 2.75) is 25.8 Å². The number of carbonyl (C=O) groups excluding carboxylic acids is 2. The molecule has 1 fully saturated rings. The Kier molecular flexibility index (Phi) is 4.04. The van der Waals surface area contributed by atoms with E-state index in [0.717, 1.165) is 12.8 Å². The second kappa shape index (κ2) is 6.13. The van der Waals surface area contributed by atoms with Gasteiger partial charge in [-0.2, -0.15) is 0 Å². The molecule has 0 spiro atoms. The number of benzene rings is 1. The average Bonchev–Trinajstić information content (AvgIpc) is 2.95. The molecule has 2 aliphatic heterocycles. The maximum Gasteiger partial charge on any atom is 0.319 e. The average molecular weight is 305 g/mol. The molecule has 1 aromatic rings. The highest BCUT2D eigenvalue weighted by Crippen LogP contribution is 2.34. The fourth-order valence-corrected chi connectivity index (χ4v) is 2.67. The number of nitrogens with zero attached hydrogens (tertiary/aromatic N) is 1. The van der Waals surface area contributed by atoms with Gasteiger partial charge in [0.1, 0.15) is 0 Å². The molecule has 7 heteroatoms. The molecule has 0 aromatic heterocycles. The standard InChI is InChI=1S/C15H19N3O4/c1-10(19)18-6-4-11(5-7-18)16-15(20)17-12-2-3-13-14(8-12)22-9-21-13/h2-3,8,11H,4-7,9H2,1H3,(H2,16,17,20). The van der Waals surface area contributed by atoms with Crippen LogP contribution < -0.4 is 20.1 Å². The number of likely N-dealkylation sites (tertiary alicyclic amines) is 1. The minimum atomic E-state index is -0.250. The summed E-state index contributed by atoms with van der Waals surface area (Å²) in [5, 5.41) is 5.72. The predicted molar refractivity (Wildman–Crippen MR) is 80.0 cm³/mol. The first-order chi connectivity index (χ1) is 10.6. The highest BCUT2D eigenvalue weighted by atomic mass is 16.7. The van der Waals surface area contributed by atoms with E-state index in [1.807, 2.05) is 0 Å². The molecular weight excluding hydrogens is 286 g/mol. The zero-order chi connectivity index (χ0) is 15.5. The van der Waals surface area contributed by atoms with E-state index in [2.05, 4.69) is 10.6 Å². The van der Waals surface area contributed by atoms with Crippen LogP contribution in [0, 0.1) is 0 Å². The third-order valence-corrected chi connectivity index (χ3v) is 3.91. The van der Waals surface area contributed by atoms with E-state index in [0.29, 0.717) is 30.3 Å². The fraction of sp³-hybridized carbons (Fsp3) is 0.467. The molecule has 2 aliphatic rings. The van der Waals surface area contributed by atoms with Crippen molar-refractivity contribution in [2.75, 3.05) is 25.2 Å². The largest absolute Gasteiger partial charge is 0.454 e. The number of nitrogens with one attached hydrogen (secondary N) is 2. The van der Waals surface area contributed by atoms with Crippen LogP contribution >= 0.6 is 0 Å². The van der Waals surface area contributed by atoms with Crippen LogP contribution in [0.2, 0.25) is 0 Å². The summed E-state index contributed by atoms with van der Waals surface area (Å²) in [5.74, 6) is 1.40. The number of rotatable bonds is 2. The molecule has 3 amide bonds. The van der Waals surface area contributed by atoms with Gasteiger partial charge in [0.25, 0.3) is 0 Å². The van der Waals surface area contributed by atoms with Gasteiger partial charge < -0.3 is 25.0 Å². The van der Waals surface area contributed by atoms with Crippen molar-refractivity contribution in [3.05, 3.63) is 18.2 Å². The number of ether oxygens (including phenoxy) is 2. The van der Waals surface area contributed by atoms with Crippen LogP contribution in [0.25, 0.3) is 0 Å². The zero-order valence-electron chi connectivity index (χ0n) is 12.4. The Morgan fingerprint density at radius 3 is 2.64 bits per heavy atom. The molecule has 1 saturated heterocycles. The van der Waals surface area contributed by atoms with Gasteiger partial charge in [0.15, 0.2) is 11.5 Å². The monoisotopic (exact) mass is 305 g/mol. The number of hydrogen-bond donors (Lipinski definition) is 2. The van der Waals surface area contributed by atoms with Crippen LogP contribution in [0.4, 0.5) is 10.5 Å². The topological polar surface area (TPSA) is 79.9 Å². The summed E-state index contributed by atoms with van der Waals surface area (Å²) in [5.41, 5.74) is 0.655. The molecule has 0 atom stereocenters. The normalized spacial score (nSPS) is 17.2. The van der Waals surface area contributed by atoms with Gasteiger partial charge in [0.05, 0.1) is 0 Å². The molecule has 118 valence electrons. The quantitative estimate of drug-likeness (QED) is 0.869. The Labute approximate surface area is 128 Å². The molecule has 0 saturated carbocycles. The van der Waals surface area contributed by atoms with Crippen LogP contribution in [0.1, 0.15) is 19.8 Å². The summed E-state index contributed by atoms with van der Waals surface area (Å²) in [7, 11) is 0. The Morgan fingerprint density at radius 1 is 1.18 bits per heavy atom. The lowest BCUT2D eigenvalue weighted by Gasteiger charge is -2.31. The first-order valence-electron chi connectivity index (χ1n) is 7.34. The number of piperidine rings is 1. The van der Waals surface area contributed by atoms with E-state index in [4.69, 9.17) is 9.47 Å². The molecule has 22 heavy (non-hydrogen) atoms. The lowest BCUT2D eigenvalue weighted by Crippen LogP contribution is -2.47. The maximum absolute atomic E-state index is 12.0. The smallest absolute Gasteiger partial charge is 0.319 e. The minimum absolute atomic E-state index is 0.0864. The first-order valence-corrected chi connectivity index (χ1v) is 7.34. The van der Waals surface area contributed by atoms with E-state index in [-0.39, 0.29) is 24.8 Å². The Hall–Kier alpha value is -2.44. The molecule has 0 radical (unpaired) electrons. The molecule has 7 nitrogen and oxygen atoms in total. The van der Waals surface area contributed by atoms with Gasteiger partial charge in [-0.25, -0.2) is 4.79 Å². The SMILES string of the molecule is CC(=O)N1CCC(NC(=O)Nc2ccc3c(c2)OCO3)CC1. The van der Waals surface area contributed by atoms with Crippen LogP contribution in [0.15, 0.2) is 18.2 Å². The van der Waals surface area contributed by atoms with E-state index >= 15 is 0 Å². The Balaban J connectivity index is 1.50. The van der Waals surface area contributed by atoms with E-state index in [1.54, 1.807) is 30.0 Å². The van der Waals surface area contributed by atoms with Gasteiger partial charge in [0.2, 0.25) is 12.7 Å². The van der Waals surface area contributed by atoms with Gasteiger partial charge in [-0.3, -0.25) is 4.79 Å². The van der Waals surface area contributed by atoms with Crippen molar-refractivity contribution in [1.29, 1.82) is 0 Å². The molecule has 3 rings (SSSR count). The molecule has 1 aromatic carbocycles. The summed E-state index contributed by atoms with van der Waals surface area (Å²) in [6.07, 6.45) is 1.54. The van der Waals surface area contributed by atoms with Crippen LogP contribution in [-0.2, 0) is 4.79 Å². The van der Waals surface area contributed by atoms with Crippen molar-refractivity contribution in [1.82, 2.24) is 10.2 Å². The van der Waals surface area contributed by atoms with Crippen molar-refractivity contribution in [3.63, 3.8) is 0 Å². The molecule has 2 heterocycles. The fourth-order valence-electron chi connectivity index (χ4n) is 2.67. The lowest BCUT2D eigenvalue weighted by atomic mass is 10.1. The lowest BCUT2D eigenvalue weighted by molar-refractivity contribution is -0.129. The third-order valence-electron chi connectivity index (χ3n) is 3.91. The number of fused-ring (bicyclic) bond motifs is 1. The number of hydrogen-bond acceptors (Lipinski definition) is 4. The summed E-state index contributed by atoms with van der Waals surface area (Å²) < 4.78 is 10.5.